The van der Waals surface area contributed by atoms with Gasteiger partial charge < -0.3 is 0 Å². The van der Waals surface area contributed by atoms with Crippen molar-refractivity contribution < 1.29 is 0 Å². The molecule has 0 N–H and O–H groups in total. The normalized spacial score (nSPS) is 24.4. The van der Waals surface area contributed by atoms with Gasteiger partial charge in [-0.2, -0.15) is 0 Å². The SMILES string of the molecule is C=C1CC/C=C\SC2=C1CCC1=C2c2ccccc2C1(C)C. The smallest absolute Gasteiger partial charge is 0.0229 e. The van der Waals surface area contributed by atoms with E-state index < -0.39 is 0 Å². The number of rotatable bonds is 0. The highest BCUT2D eigenvalue weighted by atomic mass is 32.2. The average Bonchev–Trinajstić information content (AvgIpc) is 2.74. The monoisotopic (exact) mass is 306 g/mol. The molecular formula is C21H22S. The molecule has 0 saturated carbocycles. The van der Waals surface area contributed by atoms with Crippen molar-refractivity contribution in [3.63, 3.8) is 0 Å². The number of allylic oxidation sites excluding steroid dienone is 5. The Morgan fingerprint density at radius 3 is 2.77 bits per heavy atom. The highest BCUT2D eigenvalue weighted by molar-refractivity contribution is 8.06. The second-order valence-electron chi connectivity index (χ2n) is 6.96. The molecule has 0 unspecified atom stereocenters. The highest BCUT2D eigenvalue weighted by Gasteiger charge is 2.40. The van der Waals surface area contributed by atoms with Gasteiger partial charge in [0, 0.05) is 10.3 Å². The fraction of sp³-hybridized carbons (Fsp3) is 0.333. The lowest BCUT2D eigenvalue weighted by molar-refractivity contribution is 0.603. The first-order chi connectivity index (χ1) is 10.6. The Morgan fingerprint density at radius 1 is 1.09 bits per heavy atom. The predicted octanol–water partition coefficient (Wildman–Crippen LogP) is 6.38. The van der Waals surface area contributed by atoms with Crippen LogP contribution < -0.4 is 0 Å². The number of fused-ring (bicyclic) bond motifs is 3. The number of hydrogen-bond donors (Lipinski definition) is 0. The van der Waals surface area contributed by atoms with Crippen LogP contribution in [0.15, 0.2) is 64.0 Å². The van der Waals surface area contributed by atoms with E-state index in [0.29, 0.717) is 0 Å². The van der Waals surface area contributed by atoms with Gasteiger partial charge in [-0.25, -0.2) is 0 Å². The quantitative estimate of drug-likeness (QED) is 0.536. The van der Waals surface area contributed by atoms with Gasteiger partial charge in [0.2, 0.25) is 0 Å². The topological polar surface area (TPSA) is 0 Å². The Morgan fingerprint density at radius 2 is 1.91 bits per heavy atom. The van der Waals surface area contributed by atoms with E-state index in [9.17, 15) is 0 Å². The second-order valence-corrected chi connectivity index (χ2v) is 7.88. The minimum absolute atomic E-state index is 0.165. The molecule has 0 radical (unpaired) electrons. The molecular weight excluding hydrogens is 284 g/mol. The molecule has 0 amide bonds. The molecule has 0 bridgehead atoms. The van der Waals surface area contributed by atoms with Crippen molar-refractivity contribution in [3.8, 4) is 0 Å². The molecule has 0 atom stereocenters. The molecule has 1 aromatic rings. The molecule has 112 valence electrons. The lowest BCUT2D eigenvalue weighted by atomic mass is 9.77. The fourth-order valence-electron chi connectivity index (χ4n) is 4.16. The lowest BCUT2D eigenvalue weighted by Gasteiger charge is -2.30. The van der Waals surface area contributed by atoms with Crippen molar-refractivity contribution in [1.29, 1.82) is 0 Å². The maximum atomic E-state index is 4.38. The van der Waals surface area contributed by atoms with Crippen LogP contribution in [0.2, 0.25) is 0 Å². The minimum atomic E-state index is 0.165. The molecule has 0 saturated heterocycles. The Labute approximate surface area is 137 Å². The number of benzene rings is 1. The van der Waals surface area contributed by atoms with E-state index in [0.717, 1.165) is 19.3 Å². The van der Waals surface area contributed by atoms with Gasteiger partial charge >= 0.3 is 0 Å². The maximum Gasteiger partial charge on any atom is 0.0229 e. The van der Waals surface area contributed by atoms with Crippen LogP contribution in [-0.4, -0.2) is 0 Å². The van der Waals surface area contributed by atoms with Crippen molar-refractivity contribution in [1.82, 2.24) is 0 Å². The molecule has 3 aliphatic rings. The molecule has 1 aliphatic heterocycles. The van der Waals surface area contributed by atoms with Crippen LogP contribution in [0.1, 0.15) is 50.7 Å². The predicted molar refractivity (Wildman–Crippen MR) is 97.8 cm³/mol. The molecule has 22 heavy (non-hydrogen) atoms. The molecule has 1 aromatic carbocycles. The third-order valence-electron chi connectivity index (χ3n) is 5.37. The van der Waals surface area contributed by atoms with Crippen molar-refractivity contribution >= 4 is 17.3 Å². The Balaban J connectivity index is 1.96. The summed E-state index contributed by atoms with van der Waals surface area (Å²) in [7, 11) is 0. The van der Waals surface area contributed by atoms with E-state index in [1.165, 1.54) is 39.2 Å². The van der Waals surface area contributed by atoms with Crippen LogP contribution in [0.3, 0.4) is 0 Å². The Kier molecular flexibility index (Phi) is 3.23. The molecule has 0 aromatic heterocycles. The summed E-state index contributed by atoms with van der Waals surface area (Å²) < 4.78 is 0. The van der Waals surface area contributed by atoms with E-state index in [2.05, 4.69) is 56.2 Å². The first-order valence-corrected chi connectivity index (χ1v) is 9.05. The van der Waals surface area contributed by atoms with Crippen LogP contribution in [0, 0.1) is 0 Å². The van der Waals surface area contributed by atoms with E-state index in [-0.39, 0.29) is 5.41 Å². The molecule has 0 spiro atoms. The number of hydrogen-bond acceptors (Lipinski definition) is 1. The summed E-state index contributed by atoms with van der Waals surface area (Å²) in [5, 5.41) is 2.28. The van der Waals surface area contributed by atoms with Gasteiger partial charge in [-0.1, -0.05) is 73.7 Å². The Bertz CT molecular complexity index is 756. The van der Waals surface area contributed by atoms with Gasteiger partial charge in [0.05, 0.1) is 0 Å². The zero-order chi connectivity index (χ0) is 15.3. The molecule has 1 heterocycles. The van der Waals surface area contributed by atoms with E-state index >= 15 is 0 Å². The molecule has 4 rings (SSSR count). The third-order valence-corrected chi connectivity index (χ3v) is 6.39. The lowest BCUT2D eigenvalue weighted by Crippen LogP contribution is -2.18. The first-order valence-electron chi connectivity index (χ1n) is 8.17. The van der Waals surface area contributed by atoms with Gasteiger partial charge in [-0.15, -0.1) is 0 Å². The van der Waals surface area contributed by atoms with E-state index in [1.807, 2.05) is 11.8 Å². The minimum Gasteiger partial charge on any atom is -0.0975 e. The first kappa shape index (κ1) is 14.1. The van der Waals surface area contributed by atoms with E-state index in [1.54, 1.807) is 5.57 Å². The van der Waals surface area contributed by atoms with Crippen LogP contribution in [-0.2, 0) is 5.41 Å². The maximum absolute atomic E-state index is 4.38. The van der Waals surface area contributed by atoms with Gasteiger partial charge in [0.15, 0.2) is 0 Å². The van der Waals surface area contributed by atoms with Crippen LogP contribution >= 0.6 is 11.8 Å². The molecule has 1 heteroatoms. The summed E-state index contributed by atoms with van der Waals surface area (Å²) in [5.74, 6) is 0. The van der Waals surface area contributed by atoms with Gasteiger partial charge in [0.1, 0.15) is 0 Å². The van der Waals surface area contributed by atoms with Gasteiger partial charge in [0.25, 0.3) is 0 Å². The Hall–Kier alpha value is -1.47. The highest BCUT2D eigenvalue weighted by Crippen LogP contribution is 2.56. The zero-order valence-electron chi connectivity index (χ0n) is 13.4. The van der Waals surface area contributed by atoms with Crippen molar-refractivity contribution in [3.05, 3.63) is 75.1 Å². The summed E-state index contributed by atoms with van der Waals surface area (Å²) in [6, 6.07) is 8.98. The molecule has 2 aliphatic carbocycles. The standard InChI is InChI=1S/C21H22S/c1-14-8-6-7-13-22-20-15(14)11-12-18-19(20)16-9-4-5-10-17(16)21(18,2)3/h4-5,7,9-10,13H,1,6,8,11-12H2,2-3H3/b13-7-. The van der Waals surface area contributed by atoms with Crippen molar-refractivity contribution in [2.45, 2.75) is 44.9 Å². The van der Waals surface area contributed by atoms with Crippen LogP contribution in [0.5, 0.6) is 0 Å². The second kappa shape index (κ2) is 5.03. The molecule has 0 nitrogen and oxygen atoms in total. The average molecular weight is 306 g/mol. The largest absolute Gasteiger partial charge is 0.0975 e. The summed E-state index contributed by atoms with van der Waals surface area (Å²) in [4.78, 5) is 1.47. The van der Waals surface area contributed by atoms with Crippen LogP contribution in [0.25, 0.3) is 5.57 Å². The molecule has 0 fully saturated rings. The summed E-state index contributed by atoms with van der Waals surface area (Å²) in [6.45, 7) is 9.15. The van der Waals surface area contributed by atoms with Crippen LogP contribution in [0.4, 0.5) is 0 Å². The zero-order valence-corrected chi connectivity index (χ0v) is 14.2. The van der Waals surface area contributed by atoms with Crippen molar-refractivity contribution in [2.75, 3.05) is 0 Å². The summed E-state index contributed by atoms with van der Waals surface area (Å²) in [6.07, 6.45) is 6.85. The number of thioether (sulfide) groups is 1. The summed E-state index contributed by atoms with van der Waals surface area (Å²) >= 11 is 1.91. The van der Waals surface area contributed by atoms with Gasteiger partial charge in [-0.05, 0) is 53.4 Å². The van der Waals surface area contributed by atoms with E-state index in [4.69, 9.17) is 0 Å². The van der Waals surface area contributed by atoms with Gasteiger partial charge in [-0.3, -0.25) is 0 Å². The summed E-state index contributed by atoms with van der Waals surface area (Å²) in [5.41, 5.74) is 9.11. The van der Waals surface area contributed by atoms with Crippen molar-refractivity contribution in [2.24, 2.45) is 0 Å². The fourth-order valence-corrected chi connectivity index (χ4v) is 5.26. The third kappa shape index (κ3) is 1.91.